The Morgan fingerprint density at radius 2 is 1.61 bits per heavy atom. The highest BCUT2D eigenvalue weighted by Gasteiger charge is 2.16. The fourth-order valence-electron chi connectivity index (χ4n) is 2.91. The first kappa shape index (κ1) is 18.2. The minimum absolute atomic E-state index is 0.187. The number of hydrogen-bond acceptors (Lipinski definition) is 4. The van der Waals surface area contributed by atoms with E-state index in [-0.39, 0.29) is 12.7 Å². The predicted molar refractivity (Wildman–Crippen MR) is 111 cm³/mol. The SMILES string of the molecule is O=C(Nc1ccc(NCCc2ccc(Cl)cc2)cc1)c1ccc2c(c1)OCO2. The first-order valence-corrected chi connectivity index (χ1v) is 9.34. The van der Waals surface area contributed by atoms with Gasteiger partial charge in [-0.15, -0.1) is 0 Å². The van der Waals surface area contributed by atoms with Crippen LogP contribution in [0.5, 0.6) is 11.5 Å². The van der Waals surface area contributed by atoms with Gasteiger partial charge in [0.2, 0.25) is 6.79 Å². The number of amides is 1. The van der Waals surface area contributed by atoms with E-state index in [9.17, 15) is 4.79 Å². The van der Waals surface area contributed by atoms with Crippen molar-refractivity contribution in [3.63, 3.8) is 0 Å². The molecule has 1 amide bonds. The Bertz CT molecular complexity index is 972. The van der Waals surface area contributed by atoms with E-state index in [4.69, 9.17) is 21.1 Å². The van der Waals surface area contributed by atoms with Crippen molar-refractivity contribution in [1.29, 1.82) is 0 Å². The third-order valence-electron chi connectivity index (χ3n) is 4.43. The Morgan fingerprint density at radius 3 is 2.39 bits per heavy atom. The van der Waals surface area contributed by atoms with Crippen molar-refractivity contribution in [2.75, 3.05) is 24.0 Å². The van der Waals surface area contributed by atoms with Gasteiger partial charge >= 0.3 is 0 Å². The van der Waals surface area contributed by atoms with Crippen LogP contribution in [-0.4, -0.2) is 19.2 Å². The maximum Gasteiger partial charge on any atom is 0.255 e. The molecule has 0 aliphatic carbocycles. The average Bonchev–Trinajstić information content (AvgIpc) is 3.18. The number of ether oxygens (including phenoxy) is 2. The molecule has 0 bridgehead atoms. The number of halogens is 1. The molecule has 28 heavy (non-hydrogen) atoms. The highest BCUT2D eigenvalue weighted by atomic mass is 35.5. The lowest BCUT2D eigenvalue weighted by molar-refractivity contribution is 0.102. The standard InChI is InChI=1S/C22H19ClN2O3/c23-17-4-1-15(2-5-17)11-12-24-18-6-8-19(9-7-18)25-22(26)16-3-10-20-21(13-16)28-14-27-20/h1-10,13,24H,11-12,14H2,(H,25,26). The van der Waals surface area contributed by atoms with Crippen LogP contribution in [0, 0.1) is 0 Å². The zero-order valence-electron chi connectivity index (χ0n) is 15.1. The minimum Gasteiger partial charge on any atom is -0.454 e. The van der Waals surface area contributed by atoms with Gasteiger partial charge < -0.3 is 20.1 Å². The topological polar surface area (TPSA) is 59.6 Å². The van der Waals surface area contributed by atoms with Crippen LogP contribution in [0.25, 0.3) is 0 Å². The zero-order valence-corrected chi connectivity index (χ0v) is 15.8. The number of fused-ring (bicyclic) bond motifs is 1. The maximum absolute atomic E-state index is 12.4. The van der Waals surface area contributed by atoms with Gasteiger partial charge in [0, 0.05) is 28.5 Å². The maximum atomic E-state index is 12.4. The molecule has 2 N–H and O–H groups in total. The van der Waals surface area contributed by atoms with Crippen LogP contribution in [0.2, 0.25) is 5.02 Å². The van der Waals surface area contributed by atoms with Crippen molar-refractivity contribution in [2.24, 2.45) is 0 Å². The molecule has 3 aromatic rings. The molecule has 6 heteroatoms. The number of carbonyl (C=O) groups excluding carboxylic acids is 1. The highest BCUT2D eigenvalue weighted by molar-refractivity contribution is 6.30. The number of nitrogens with one attached hydrogen (secondary N) is 2. The molecule has 0 unspecified atom stereocenters. The van der Waals surface area contributed by atoms with E-state index in [1.807, 2.05) is 48.5 Å². The minimum atomic E-state index is -0.193. The fraction of sp³-hybridized carbons (Fsp3) is 0.136. The number of benzene rings is 3. The van der Waals surface area contributed by atoms with Gasteiger partial charge in [0.05, 0.1) is 0 Å². The average molecular weight is 395 g/mol. The zero-order chi connectivity index (χ0) is 19.3. The van der Waals surface area contributed by atoms with Crippen LogP contribution in [0.1, 0.15) is 15.9 Å². The fourth-order valence-corrected chi connectivity index (χ4v) is 3.04. The Morgan fingerprint density at radius 1 is 0.893 bits per heavy atom. The molecule has 1 aliphatic rings. The van der Waals surface area contributed by atoms with Crippen LogP contribution in [0.3, 0.4) is 0 Å². The van der Waals surface area contributed by atoms with Crippen LogP contribution < -0.4 is 20.1 Å². The van der Waals surface area contributed by atoms with E-state index in [2.05, 4.69) is 10.6 Å². The largest absolute Gasteiger partial charge is 0.454 e. The van der Waals surface area contributed by atoms with E-state index in [0.717, 1.165) is 29.4 Å². The smallest absolute Gasteiger partial charge is 0.255 e. The summed E-state index contributed by atoms with van der Waals surface area (Å²) in [4.78, 5) is 12.4. The molecule has 0 radical (unpaired) electrons. The molecule has 142 valence electrons. The summed E-state index contributed by atoms with van der Waals surface area (Å²) in [7, 11) is 0. The van der Waals surface area contributed by atoms with Gasteiger partial charge in [-0.3, -0.25) is 4.79 Å². The Kier molecular flexibility index (Phi) is 5.35. The van der Waals surface area contributed by atoms with Gasteiger partial charge in [-0.05, 0) is 66.6 Å². The van der Waals surface area contributed by atoms with Crippen molar-refractivity contribution in [2.45, 2.75) is 6.42 Å². The van der Waals surface area contributed by atoms with E-state index < -0.39 is 0 Å². The van der Waals surface area contributed by atoms with Crippen molar-refractivity contribution in [3.8, 4) is 11.5 Å². The summed E-state index contributed by atoms with van der Waals surface area (Å²) in [6.07, 6.45) is 0.903. The number of anilines is 2. The lowest BCUT2D eigenvalue weighted by Gasteiger charge is -2.09. The lowest BCUT2D eigenvalue weighted by atomic mass is 10.1. The van der Waals surface area contributed by atoms with Crippen LogP contribution >= 0.6 is 11.6 Å². The Hall–Kier alpha value is -3.18. The Labute approximate surface area is 168 Å². The van der Waals surface area contributed by atoms with E-state index in [0.29, 0.717) is 17.1 Å². The van der Waals surface area contributed by atoms with Crippen molar-refractivity contribution in [1.82, 2.24) is 0 Å². The normalized spacial score (nSPS) is 11.9. The number of hydrogen-bond donors (Lipinski definition) is 2. The van der Waals surface area contributed by atoms with Crippen LogP contribution in [-0.2, 0) is 6.42 Å². The Balaban J connectivity index is 1.30. The highest BCUT2D eigenvalue weighted by Crippen LogP contribution is 2.32. The van der Waals surface area contributed by atoms with Gasteiger partial charge in [-0.25, -0.2) is 0 Å². The third-order valence-corrected chi connectivity index (χ3v) is 4.69. The molecule has 0 fully saturated rings. The predicted octanol–water partition coefficient (Wildman–Crippen LogP) is 4.98. The van der Waals surface area contributed by atoms with Crippen molar-refractivity contribution in [3.05, 3.63) is 82.9 Å². The summed E-state index contributed by atoms with van der Waals surface area (Å²) < 4.78 is 10.6. The van der Waals surface area contributed by atoms with E-state index in [1.165, 1.54) is 5.56 Å². The monoisotopic (exact) mass is 394 g/mol. The summed E-state index contributed by atoms with van der Waals surface area (Å²) in [6, 6.07) is 20.6. The molecular formula is C22H19ClN2O3. The molecule has 4 rings (SSSR count). The van der Waals surface area contributed by atoms with Crippen LogP contribution in [0.4, 0.5) is 11.4 Å². The number of carbonyl (C=O) groups is 1. The molecule has 0 spiro atoms. The summed E-state index contributed by atoms with van der Waals surface area (Å²) >= 11 is 5.90. The molecule has 3 aromatic carbocycles. The lowest BCUT2D eigenvalue weighted by Crippen LogP contribution is -2.12. The molecule has 0 aromatic heterocycles. The molecule has 1 aliphatic heterocycles. The third kappa shape index (κ3) is 4.38. The second-order valence-corrected chi connectivity index (χ2v) is 6.84. The van der Waals surface area contributed by atoms with Gasteiger partial charge in [0.15, 0.2) is 11.5 Å². The van der Waals surface area contributed by atoms with E-state index in [1.54, 1.807) is 18.2 Å². The molecular weight excluding hydrogens is 376 g/mol. The molecule has 5 nitrogen and oxygen atoms in total. The first-order chi connectivity index (χ1) is 13.7. The summed E-state index contributed by atoms with van der Waals surface area (Å²) in [5, 5.41) is 7.01. The molecule has 0 saturated carbocycles. The quantitative estimate of drug-likeness (QED) is 0.619. The summed E-state index contributed by atoms with van der Waals surface area (Å²) in [5.41, 5.74) is 3.47. The molecule has 1 heterocycles. The number of rotatable bonds is 6. The summed E-state index contributed by atoms with van der Waals surface area (Å²) in [5.74, 6) is 1.06. The summed E-state index contributed by atoms with van der Waals surface area (Å²) in [6.45, 7) is 0.997. The van der Waals surface area contributed by atoms with E-state index >= 15 is 0 Å². The van der Waals surface area contributed by atoms with Crippen molar-refractivity contribution < 1.29 is 14.3 Å². The van der Waals surface area contributed by atoms with Crippen molar-refractivity contribution >= 4 is 28.9 Å². The second-order valence-electron chi connectivity index (χ2n) is 6.40. The second kappa shape index (κ2) is 8.23. The molecule has 0 atom stereocenters. The van der Waals surface area contributed by atoms with Gasteiger partial charge in [-0.2, -0.15) is 0 Å². The van der Waals surface area contributed by atoms with Crippen LogP contribution in [0.15, 0.2) is 66.7 Å². The van der Waals surface area contributed by atoms with Gasteiger partial charge in [0.25, 0.3) is 5.91 Å². The molecule has 0 saturated heterocycles. The van der Waals surface area contributed by atoms with Gasteiger partial charge in [-0.1, -0.05) is 23.7 Å². The first-order valence-electron chi connectivity index (χ1n) is 8.97. The van der Waals surface area contributed by atoms with Gasteiger partial charge in [0.1, 0.15) is 0 Å².